The average Bonchev–Trinajstić information content (AvgIpc) is 2.89. The predicted octanol–water partition coefficient (Wildman–Crippen LogP) is 1.79. The van der Waals surface area contributed by atoms with E-state index in [1.807, 2.05) is 0 Å². The number of nitrogens with one attached hydrogen (secondary N) is 2. The minimum atomic E-state index is 0.480. The number of rotatable bonds is 3. The van der Waals surface area contributed by atoms with Crippen molar-refractivity contribution in [2.24, 2.45) is 11.8 Å². The Bertz CT molecular complexity index is 661. The molecule has 7 heteroatoms. The molecule has 5 rings (SSSR count). The normalized spacial score (nSPS) is 28.0. The molecule has 2 aromatic rings. The van der Waals surface area contributed by atoms with E-state index in [4.69, 9.17) is 5.84 Å². The summed E-state index contributed by atoms with van der Waals surface area (Å²) in [5, 5.41) is 4.77. The third-order valence-corrected chi connectivity index (χ3v) is 5.57. The SMILES string of the molecule is Cc1cc2c(NC3CN4CCC3CC4)nc(NN)nc2s1. The molecule has 5 heterocycles. The highest BCUT2D eigenvalue weighted by atomic mass is 32.1. The van der Waals surface area contributed by atoms with E-state index in [1.165, 1.54) is 30.8 Å². The maximum atomic E-state index is 5.50. The molecule has 112 valence electrons. The zero-order valence-electron chi connectivity index (χ0n) is 12.1. The lowest BCUT2D eigenvalue weighted by Gasteiger charge is -2.45. The van der Waals surface area contributed by atoms with Crippen LogP contribution < -0.4 is 16.6 Å². The first-order chi connectivity index (χ1) is 10.2. The van der Waals surface area contributed by atoms with Crippen LogP contribution in [-0.2, 0) is 0 Å². The Morgan fingerprint density at radius 3 is 2.81 bits per heavy atom. The zero-order valence-corrected chi connectivity index (χ0v) is 12.9. The molecule has 4 N–H and O–H groups in total. The lowest BCUT2D eigenvalue weighted by molar-refractivity contribution is 0.0974. The van der Waals surface area contributed by atoms with Crippen molar-refractivity contribution in [3.63, 3.8) is 0 Å². The van der Waals surface area contributed by atoms with Gasteiger partial charge in [0, 0.05) is 17.5 Å². The average molecular weight is 304 g/mol. The number of aromatic nitrogens is 2. The first kappa shape index (κ1) is 13.2. The summed E-state index contributed by atoms with van der Waals surface area (Å²) in [6, 6.07) is 2.64. The Hall–Kier alpha value is -1.44. The van der Waals surface area contributed by atoms with Crippen molar-refractivity contribution in [1.29, 1.82) is 0 Å². The van der Waals surface area contributed by atoms with Gasteiger partial charge in [0.1, 0.15) is 10.6 Å². The number of aryl methyl sites for hydroxylation is 1. The van der Waals surface area contributed by atoms with E-state index in [-0.39, 0.29) is 0 Å². The lowest BCUT2D eigenvalue weighted by Crippen LogP contribution is -2.53. The van der Waals surface area contributed by atoms with Gasteiger partial charge in [0.2, 0.25) is 5.95 Å². The Morgan fingerprint density at radius 2 is 2.14 bits per heavy atom. The largest absolute Gasteiger partial charge is 0.365 e. The van der Waals surface area contributed by atoms with Crippen molar-refractivity contribution in [1.82, 2.24) is 14.9 Å². The van der Waals surface area contributed by atoms with E-state index in [1.54, 1.807) is 11.3 Å². The molecule has 0 spiro atoms. The van der Waals surface area contributed by atoms with Crippen molar-refractivity contribution in [2.45, 2.75) is 25.8 Å². The summed E-state index contributed by atoms with van der Waals surface area (Å²) >= 11 is 1.68. The summed E-state index contributed by atoms with van der Waals surface area (Å²) in [4.78, 5) is 13.7. The molecule has 0 aromatic carbocycles. The number of nitrogen functional groups attached to an aromatic ring is 1. The van der Waals surface area contributed by atoms with E-state index in [2.05, 4.69) is 38.6 Å². The molecule has 3 saturated heterocycles. The van der Waals surface area contributed by atoms with Crippen molar-refractivity contribution >= 4 is 33.3 Å². The summed E-state index contributed by atoms with van der Waals surface area (Å²) < 4.78 is 0. The Morgan fingerprint density at radius 1 is 1.33 bits per heavy atom. The van der Waals surface area contributed by atoms with Gasteiger partial charge in [0.15, 0.2) is 0 Å². The fourth-order valence-corrected chi connectivity index (χ4v) is 4.40. The zero-order chi connectivity index (χ0) is 14.4. The Labute approximate surface area is 127 Å². The fourth-order valence-electron chi connectivity index (χ4n) is 3.52. The molecule has 0 saturated carbocycles. The second kappa shape index (κ2) is 5.08. The lowest BCUT2D eigenvalue weighted by atomic mass is 9.84. The number of thiophene rings is 1. The molecule has 3 aliphatic heterocycles. The van der Waals surface area contributed by atoms with Crippen molar-refractivity contribution in [2.75, 3.05) is 30.4 Å². The van der Waals surface area contributed by atoms with Crippen LogP contribution in [0.4, 0.5) is 11.8 Å². The fraction of sp³-hybridized carbons (Fsp3) is 0.571. The third kappa shape index (κ3) is 2.35. The Kier molecular flexibility index (Phi) is 3.20. The number of hydrogen-bond donors (Lipinski definition) is 3. The number of nitrogens with zero attached hydrogens (tertiary/aromatic N) is 3. The summed E-state index contributed by atoms with van der Waals surface area (Å²) in [6.45, 7) is 5.70. The van der Waals surface area contributed by atoms with Crippen LogP contribution in [0.5, 0.6) is 0 Å². The minimum Gasteiger partial charge on any atom is -0.365 e. The predicted molar refractivity (Wildman–Crippen MR) is 86.5 cm³/mol. The van der Waals surface area contributed by atoms with Gasteiger partial charge in [0.05, 0.1) is 5.39 Å². The van der Waals surface area contributed by atoms with Crippen LogP contribution in [0.25, 0.3) is 10.2 Å². The van der Waals surface area contributed by atoms with Gasteiger partial charge in [-0.25, -0.2) is 10.8 Å². The third-order valence-electron chi connectivity index (χ3n) is 4.62. The molecular formula is C14H20N6S. The summed E-state index contributed by atoms with van der Waals surface area (Å²) in [5.74, 6) is 7.65. The smallest absolute Gasteiger partial charge is 0.240 e. The number of hydrazine groups is 1. The highest BCUT2D eigenvalue weighted by molar-refractivity contribution is 7.18. The van der Waals surface area contributed by atoms with Crippen LogP contribution in [0.3, 0.4) is 0 Å². The molecule has 1 unspecified atom stereocenters. The van der Waals surface area contributed by atoms with E-state index in [0.29, 0.717) is 12.0 Å². The van der Waals surface area contributed by atoms with Crippen molar-refractivity contribution < 1.29 is 0 Å². The topological polar surface area (TPSA) is 79.1 Å². The van der Waals surface area contributed by atoms with Gasteiger partial charge in [-0.05, 0) is 44.8 Å². The van der Waals surface area contributed by atoms with Crippen LogP contribution in [0.15, 0.2) is 6.07 Å². The first-order valence-corrected chi connectivity index (χ1v) is 8.28. The number of piperidine rings is 3. The van der Waals surface area contributed by atoms with Crippen LogP contribution in [-0.4, -0.2) is 40.5 Å². The number of anilines is 2. The molecule has 6 nitrogen and oxygen atoms in total. The van der Waals surface area contributed by atoms with Gasteiger partial charge in [-0.15, -0.1) is 11.3 Å². The molecule has 2 bridgehead atoms. The van der Waals surface area contributed by atoms with Gasteiger partial charge in [0.25, 0.3) is 0 Å². The van der Waals surface area contributed by atoms with Gasteiger partial charge in [-0.1, -0.05) is 0 Å². The molecule has 0 aliphatic carbocycles. The van der Waals surface area contributed by atoms with Gasteiger partial charge in [-0.3, -0.25) is 5.43 Å². The van der Waals surface area contributed by atoms with Gasteiger partial charge < -0.3 is 10.2 Å². The highest BCUT2D eigenvalue weighted by Gasteiger charge is 2.34. The summed E-state index contributed by atoms with van der Waals surface area (Å²) in [7, 11) is 0. The molecule has 0 radical (unpaired) electrons. The molecular weight excluding hydrogens is 284 g/mol. The molecule has 2 aromatic heterocycles. The Balaban J connectivity index is 1.68. The highest BCUT2D eigenvalue weighted by Crippen LogP contribution is 2.33. The minimum absolute atomic E-state index is 0.480. The summed E-state index contributed by atoms with van der Waals surface area (Å²) in [5.41, 5.74) is 2.57. The van der Waals surface area contributed by atoms with Crippen LogP contribution in [0.1, 0.15) is 17.7 Å². The van der Waals surface area contributed by atoms with E-state index in [9.17, 15) is 0 Å². The molecule has 3 aliphatic rings. The second-order valence-corrected chi connectivity index (χ2v) is 7.24. The van der Waals surface area contributed by atoms with Gasteiger partial charge >= 0.3 is 0 Å². The van der Waals surface area contributed by atoms with Crippen LogP contribution in [0.2, 0.25) is 0 Å². The first-order valence-electron chi connectivity index (χ1n) is 7.46. The maximum Gasteiger partial charge on any atom is 0.240 e. The molecule has 21 heavy (non-hydrogen) atoms. The van der Waals surface area contributed by atoms with Gasteiger partial charge in [-0.2, -0.15) is 4.98 Å². The van der Waals surface area contributed by atoms with E-state index >= 15 is 0 Å². The van der Waals surface area contributed by atoms with Crippen molar-refractivity contribution in [3.05, 3.63) is 10.9 Å². The van der Waals surface area contributed by atoms with Crippen LogP contribution >= 0.6 is 11.3 Å². The second-order valence-electron chi connectivity index (χ2n) is 6.00. The monoisotopic (exact) mass is 304 g/mol. The summed E-state index contributed by atoms with van der Waals surface area (Å²) in [6.07, 6.45) is 2.58. The quantitative estimate of drug-likeness (QED) is 0.593. The number of hydrogen-bond acceptors (Lipinski definition) is 7. The standard InChI is InChI=1S/C14H20N6S/c1-8-6-10-12(17-14(19-15)18-13(10)21-8)16-11-7-20-4-2-9(11)3-5-20/h6,9,11H,2-5,7,15H2,1H3,(H2,16,17,18,19). The molecule has 3 fully saturated rings. The van der Waals surface area contributed by atoms with E-state index in [0.717, 1.165) is 28.5 Å². The van der Waals surface area contributed by atoms with E-state index < -0.39 is 0 Å². The maximum absolute atomic E-state index is 5.50. The molecule has 1 atom stereocenters. The number of nitrogens with two attached hydrogens (primary N) is 1. The molecule has 0 amide bonds. The van der Waals surface area contributed by atoms with Crippen molar-refractivity contribution in [3.8, 4) is 0 Å². The number of fused-ring (bicyclic) bond motifs is 4. The van der Waals surface area contributed by atoms with Crippen LogP contribution in [0, 0.1) is 12.8 Å².